The van der Waals surface area contributed by atoms with Gasteiger partial charge >= 0.3 is 5.97 Å². The van der Waals surface area contributed by atoms with Gasteiger partial charge in [0.25, 0.3) is 0 Å². The van der Waals surface area contributed by atoms with Gasteiger partial charge < -0.3 is 4.74 Å². The minimum atomic E-state index is -0.192. The van der Waals surface area contributed by atoms with Gasteiger partial charge in [-0.3, -0.25) is 4.79 Å². The molecule has 3 nitrogen and oxygen atoms in total. The molecule has 4 saturated carbocycles. The normalized spacial score (nSPS) is 39.6. The quantitative estimate of drug-likeness (QED) is 0.260. The maximum Gasteiger partial charge on any atom is 0.338 e. The molecular formula is C36H52O3. The average molecular weight is 533 g/mol. The zero-order valence-corrected chi connectivity index (χ0v) is 25.3. The van der Waals surface area contributed by atoms with Crippen LogP contribution in [0.25, 0.3) is 0 Å². The molecule has 10 atom stereocenters. The van der Waals surface area contributed by atoms with Gasteiger partial charge in [0, 0.05) is 18.8 Å². The molecule has 0 bridgehead atoms. The molecule has 1 aromatic carbocycles. The van der Waals surface area contributed by atoms with Crippen molar-refractivity contribution in [2.45, 2.75) is 105 Å². The molecule has 4 aliphatic carbocycles. The second-order valence-corrected chi connectivity index (χ2v) is 14.6. The Bertz CT molecular complexity index is 1060. The summed E-state index contributed by atoms with van der Waals surface area (Å²) in [4.78, 5) is 26.0. The van der Waals surface area contributed by atoms with Crippen LogP contribution in [0.1, 0.15) is 110 Å². The third-order valence-electron chi connectivity index (χ3n) is 12.4. The van der Waals surface area contributed by atoms with Crippen molar-refractivity contribution in [1.82, 2.24) is 0 Å². The molecule has 0 spiro atoms. The molecule has 39 heavy (non-hydrogen) atoms. The minimum Gasteiger partial charge on any atom is -0.458 e. The fourth-order valence-corrected chi connectivity index (χ4v) is 10.1. The van der Waals surface area contributed by atoms with E-state index in [2.05, 4.69) is 53.7 Å². The lowest BCUT2D eigenvalue weighted by Crippen LogP contribution is -2.59. The number of Topliss-reactive ketones (excluding diaryl/α,β-unsaturated/α-hetero) is 1. The van der Waals surface area contributed by atoms with Gasteiger partial charge in [-0.05, 0) is 109 Å². The molecule has 4 fully saturated rings. The van der Waals surface area contributed by atoms with Crippen LogP contribution in [-0.4, -0.2) is 17.9 Å². The van der Waals surface area contributed by atoms with Gasteiger partial charge in [-0.1, -0.05) is 71.9 Å². The molecule has 0 aliphatic heterocycles. The number of benzene rings is 1. The van der Waals surface area contributed by atoms with E-state index in [9.17, 15) is 9.59 Å². The summed E-state index contributed by atoms with van der Waals surface area (Å²) >= 11 is 0. The molecule has 6 unspecified atom stereocenters. The first-order valence-electron chi connectivity index (χ1n) is 16.0. The van der Waals surface area contributed by atoms with Crippen LogP contribution < -0.4 is 0 Å². The smallest absolute Gasteiger partial charge is 0.338 e. The molecule has 5 rings (SSSR count). The van der Waals surface area contributed by atoms with Crippen molar-refractivity contribution in [1.29, 1.82) is 0 Å². The lowest BCUT2D eigenvalue weighted by Gasteiger charge is -2.62. The number of carbonyl (C=O) groups is 2. The van der Waals surface area contributed by atoms with E-state index in [0.29, 0.717) is 65.1 Å². The Morgan fingerprint density at radius 3 is 2.41 bits per heavy atom. The Kier molecular flexibility index (Phi) is 8.20. The molecule has 214 valence electrons. The van der Waals surface area contributed by atoms with Crippen LogP contribution in [-0.2, 0) is 9.53 Å². The van der Waals surface area contributed by atoms with Gasteiger partial charge in [-0.25, -0.2) is 4.79 Å². The van der Waals surface area contributed by atoms with Crippen LogP contribution in [0.2, 0.25) is 0 Å². The van der Waals surface area contributed by atoms with Crippen LogP contribution in [0.5, 0.6) is 0 Å². The summed E-state index contributed by atoms with van der Waals surface area (Å²) in [6, 6.07) is 9.49. The van der Waals surface area contributed by atoms with Crippen molar-refractivity contribution in [3.05, 3.63) is 48.0 Å². The highest BCUT2D eigenvalue weighted by molar-refractivity contribution is 5.89. The van der Waals surface area contributed by atoms with Gasteiger partial charge in [-0.15, -0.1) is 0 Å². The lowest BCUT2D eigenvalue weighted by molar-refractivity contribution is -0.169. The van der Waals surface area contributed by atoms with E-state index in [-0.39, 0.29) is 22.9 Å². The SMILES string of the molecule is CCC(/C=C/C(C)[C@H]1CCC2C3C(OC(=O)c4ccccc4)C[C@H]4CC(=O)CC[C@]4(C)C3CC[C@@]21C)C(C)C. The summed E-state index contributed by atoms with van der Waals surface area (Å²) in [5.41, 5.74) is 1.10. The van der Waals surface area contributed by atoms with E-state index in [0.717, 1.165) is 19.3 Å². The molecule has 0 N–H and O–H groups in total. The van der Waals surface area contributed by atoms with Gasteiger partial charge in [0.1, 0.15) is 11.9 Å². The van der Waals surface area contributed by atoms with E-state index in [1.807, 2.05) is 30.3 Å². The zero-order valence-electron chi connectivity index (χ0n) is 25.3. The van der Waals surface area contributed by atoms with E-state index in [1.165, 1.54) is 32.1 Å². The first-order chi connectivity index (χ1) is 18.6. The second kappa shape index (κ2) is 11.2. The molecule has 0 aromatic heterocycles. The topological polar surface area (TPSA) is 43.4 Å². The first-order valence-corrected chi connectivity index (χ1v) is 16.0. The highest BCUT2D eigenvalue weighted by Crippen LogP contribution is 2.68. The largest absolute Gasteiger partial charge is 0.458 e. The number of ether oxygens (including phenoxy) is 1. The minimum absolute atomic E-state index is 0.0914. The Labute approximate surface area is 237 Å². The van der Waals surface area contributed by atoms with Crippen molar-refractivity contribution in [3.63, 3.8) is 0 Å². The summed E-state index contributed by atoms with van der Waals surface area (Å²) in [5, 5.41) is 0. The molecule has 4 aliphatic rings. The predicted molar refractivity (Wildman–Crippen MR) is 158 cm³/mol. The predicted octanol–water partition coefficient (Wildman–Crippen LogP) is 8.92. The number of carbonyl (C=O) groups excluding carboxylic acids is 2. The summed E-state index contributed by atoms with van der Waals surface area (Å²) in [6.07, 6.45) is 14.4. The van der Waals surface area contributed by atoms with Crippen molar-refractivity contribution >= 4 is 11.8 Å². The fourth-order valence-electron chi connectivity index (χ4n) is 10.1. The molecular weight excluding hydrogens is 480 g/mol. The lowest BCUT2D eigenvalue weighted by atomic mass is 9.43. The maximum atomic E-state index is 13.4. The fraction of sp³-hybridized carbons (Fsp3) is 0.722. The van der Waals surface area contributed by atoms with Crippen LogP contribution in [0.3, 0.4) is 0 Å². The van der Waals surface area contributed by atoms with Crippen molar-refractivity contribution < 1.29 is 14.3 Å². The standard InChI is InChI=1S/C36H52O3/c1-7-25(23(2)3)14-13-24(4)29-15-16-30-33-31(18-20-36(29,30)6)35(5)19-17-28(37)21-27(35)22-32(33)39-34(38)26-11-9-8-10-12-26/h8-14,23-25,27,29-33H,7,15-22H2,1-6H3/b14-13+/t24?,25?,27-,29-,30?,31?,32?,33?,35+,36-/m1/s1. The summed E-state index contributed by atoms with van der Waals surface area (Å²) < 4.78 is 6.48. The highest BCUT2D eigenvalue weighted by atomic mass is 16.5. The van der Waals surface area contributed by atoms with Crippen LogP contribution >= 0.6 is 0 Å². The van der Waals surface area contributed by atoms with E-state index in [1.54, 1.807) is 0 Å². The van der Waals surface area contributed by atoms with Crippen molar-refractivity contribution in [3.8, 4) is 0 Å². The molecule has 3 heteroatoms. The molecule has 1 aromatic rings. The Morgan fingerprint density at radius 2 is 1.72 bits per heavy atom. The number of esters is 1. The Morgan fingerprint density at radius 1 is 1.00 bits per heavy atom. The van der Waals surface area contributed by atoms with E-state index >= 15 is 0 Å². The number of hydrogen-bond donors (Lipinski definition) is 0. The summed E-state index contributed by atoms with van der Waals surface area (Å²) in [6.45, 7) is 14.5. The number of fused-ring (bicyclic) bond motifs is 5. The number of ketones is 1. The highest BCUT2D eigenvalue weighted by Gasteiger charge is 2.63. The number of rotatable bonds is 7. The summed E-state index contributed by atoms with van der Waals surface area (Å²) in [7, 11) is 0. The van der Waals surface area contributed by atoms with Crippen LogP contribution in [0.4, 0.5) is 0 Å². The Balaban J connectivity index is 1.43. The van der Waals surface area contributed by atoms with Gasteiger partial charge in [0.05, 0.1) is 5.56 Å². The third kappa shape index (κ3) is 5.17. The van der Waals surface area contributed by atoms with Crippen LogP contribution in [0.15, 0.2) is 42.5 Å². The molecule has 0 amide bonds. The average Bonchev–Trinajstić information content (AvgIpc) is 3.27. The van der Waals surface area contributed by atoms with Gasteiger partial charge in [0.15, 0.2) is 0 Å². The maximum absolute atomic E-state index is 13.4. The third-order valence-corrected chi connectivity index (χ3v) is 12.4. The van der Waals surface area contributed by atoms with E-state index in [4.69, 9.17) is 4.74 Å². The zero-order chi connectivity index (χ0) is 27.9. The first kappa shape index (κ1) is 28.6. The number of hydrogen-bond acceptors (Lipinski definition) is 3. The number of allylic oxidation sites excluding steroid dienone is 2. The Hall–Kier alpha value is -1.90. The molecule has 0 radical (unpaired) electrons. The van der Waals surface area contributed by atoms with Gasteiger partial charge in [0.2, 0.25) is 0 Å². The second-order valence-electron chi connectivity index (χ2n) is 14.6. The van der Waals surface area contributed by atoms with Crippen LogP contribution in [0, 0.1) is 58.2 Å². The van der Waals surface area contributed by atoms with E-state index < -0.39 is 0 Å². The van der Waals surface area contributed by atoms with Crippen molar-refractivity contribution in [2.24, 2.45) is 58.2 Å². The monoisotopic (exact) mass is 532 g/mol. The molecule has 0 heterocycles. The van der Waals surface area contributed by atoms with Crippen molar-refractivity contribution in [2.75, 3.05) is 0 Å². The summed E-state index contributed by atoms with van der Waals surface area (Å²) in [5.74, 6) is 4.62. The van der Waals surface area contributed by atoms with Gasteiger partial charge in [-0.2, -0.15) is 0 Å². The molecule has 0 saturated heterocycles.